The van der Waals surface area contributed by atoms with Crippen molar-refractivity contribution in [2.45, 2.75) is 58.8 Å². The van der Waals surface area contributed by atoms with Crippen molar-refractivity contribution in [3.8, 4) is 0 Å². The Kier molecular flexibility index (Phi) is 9.38. The van der Waals surface area contributed by atoms with Crippen molar-refractivity contribution in [2.24, 2.45) is 11.8 Å². The zero-order valence-corrected chi connectivity index (χ0v) is 22.7. The molecular formula is C29H39Cl2N3O. The van der Waals surface area contributed by atoms with Gasteiger partial charge in [0.05, 0.1) is 11.4 Å². The molecule has 4 rings (SSSR count). The molecule has 6 heteroatoms. The average Bonchev–Trinajstić information content (AvgIpc) is 2.84. The largest absolute Gasteiger partial charge is 0.370 e. The van der Waals surface area contributed by atoms with E-state index in [0.29, 0.717) is 15.6 Å². The molecule has 0 aromatic heterocycles. The summed E-state index contributed by atoms with van der Waals surface area (Å²) in [7, 11) is 0. The summed E-state index contributed by atoms with van der Waals surface area (Å²) in [6.45, 7) is 10.4. The molecule has 190 valence electrons. The molecule has 1 aliphatic carbocycles. The minimum absolute atomic E-state index is 0.167. The minimum Gasteiger partial charge on any atom is -0.370 e. The van der Waals surface area contributed by atoms with Crippen LogP contribution in [0.25, 0.3) is 0 Å². The summed E-state index contributed by atoms with van der Waals surface area (Å²) in [5.74, 6) is 1.50. The summed E-state index contributed by atoms with van der Waals surface area (Å²) >= 11 is 12.6. The molecule has 1 N–H and O–H groups in total. The van der Waals surface area contributed by atoms with Crippen molar-refractivity contribution in [3.05, 3.63) is 69.0 Å². The van der Waals surface area contributed by atoms with Gasteiger partial charge in [0.1, 0.15) is 0 Å². The number of piperidine rings is 2. The third-order valence-corrected chi connectivity index (χ3v) is 8.29. The molecule has 2 saturated heterocycles. The molecule has 2 fully saturated rings. The van der Waals surface area contributed by atoms with Crippen LogP contribution >= 0.6 is 23.2 Å². The Labute approximate surface area is 221 Å². The third kappa shape index (κ3) is 7.38. The van der Waals surface area contributed by atoms with E-state index in [4.69, 9.17) is 23.2 Å². The van der Waals surface area contributed by atoms with Crippen molar-refractivity contribution in [1.29, 1.82) is 0 Å². The molecule has 4 nitrogen and oxygen atoms in total. The van der Waals surface area contributed by atoms with E-state index in [0.717, 1.165) is 49.2 Å². The number of nitrogens with zero attached hydrogens (tertiary/aromatic N) is 2. The van der Waals surface area contributed by atoms with E-state index in [2.05, 4.69) is 29.0 Å². The van der Waals surface area contributed by atoms with Crippen LogP contribution < -0.4 is 5.32 Å². The maximum atomic E-state index is 13.1. The average molecular weight is 517 g/mol. The number of amides is 1. The second-order valence-electron chi connectivity index (χ2n) is 10.5. The summed E-state index contributed by atoms with van der Waals surface area (Å²) < 4.78 is 0. The van der Waals surface area contributed by atoms with E-state index in [1.165, 1.54) is 57.3 Å². The maximum absolute atomic E-state index is 13.1. The van der Waals surface area contributed by atoms with Crippen molar-refractivity contribution in [1.82, 2.24) is 15.1 Å². The van der Waals surface area contributed by atoms with E-state index in [-0.39, 0.29) is 5.91 Å². The molecule has 0 bridgehead atoms. The van der Waals surface area contributed by atoms with Gasteiger partial charge in [0.15, 0.2) is 0 Å². The molecule has 3 aliphatic rings. The van der Waals surface area contributed by atoms with Crippen LogP contribution in [0.15, 0.2) is 58.4 Å². The second kappa shape index (κ2) is 12.5. The van der Waals surface area contributed by atoms with Gasteiger partial charge >= 0.3 is 0 Å². The topological polar surface area (TPSA) is 35.6 Å². The highest BCUT2D eigenvalue weighted by Gasteiger charge is 2.26. The Bertz CT molecular complexity index is 983. The fraction of sp³-hybridized carbons (Fsp3) is 0.552. The molecule has 2 heterocycles. The van der Waals surface area contributed by atoms with Gasteiger partial charge in [-0.3, -0.25) is 4.79 Å². The number of carbonyl (C=O) groups is 1. The molecular weight excluding hydrogens is 477 g/mol. The van der Waals surface area contributed by atoms with Crippen molar-refractivity contribution in [3.63, 3.8) is 0 Å². The molecule has 35 heavy (non-hydrogen) atoms. The SMILES string of the molecule is CC1=C(N2CCC(CCN3CCC(C)CC3)CC2)C(NC(=O)c2cccc(Cl)c2)=CC(Cl)=CCC1. The number of hydrogen-bond acceptors (Lipinski definition) is 3. The zero-order chi connectivity index (χ0) is 24.8. The molecule has 1 aromatic carbocycles. The van der Waals surface area contributed by atoms with Crippen LogP contribution in [-0.2, 0) is 0 Å². The minimum atomic E-state index is -0.167. The first-order valence-electron chi connectivity index (χ1n) is 13.2. The number of halogens is 2. The molecule has 0 radical (unpaired) electrons. The summed E-state index contributed by atoms with van der Waals surface area (Å²) in [5, 5.41) is 4.37. The first kappa shape index (κ1) is 26.3. The smallest absolute Gasteiger partial charge is 0.255 e. The highest BCUT2D eigenvalue weighted by molar-refractivity contribution is 6.31. The van der Waals surface area contributed by atoms with E-state index >= 15 is 0 Å². The fourth-order valence-corrected chi connectivity index (χ4v) is 5.90. The molecule has 0 atom stereocenters. The number of carbonyl (C=O) groups excluding carboxylic acids is 1. The summed E-state index contributed by atoms with van der Waals surface area (Å²) in [6, 6.07) is 7.06. The number of allylic oxidation sites excluding steroid dienone is 4. The van der Waals surface area contributed by atoms with E-state index in [9.17, 15) is 4.79 Å². The normalized spacial score (nSPS) is 21.3. The first-order valence-corrected chi connectivity index (χ1v) is 14.0. The van der Waals surface area contributed by atoms with Crippen LogP contribution in [0.1, 0.15) is 69.2 Å². The summed E-state index contributed by atoms with van der Waals surface area (Å²) in [4.78, 5) is 18.2. The molecule has 0 spiro atoms. The molecule has 0 unspecified atom stereocenters. The number of benzene rings is 1. The Morgan fingerprint density at radius 2 is 1.83 bits per heavy atom. The lowest BCUT2D eigenvalue weighted by Gasteiger charge is -2.38. The Morgan fingerprint density at radius 3 is 2.54 bits per heavy atom. The van der Waals surface area contributed by atoms with Crippen LogP contribution in [0.3, 0.4) is 0 Å². The van der Waals surface area contributed by atoms with Gasteiger partial charge in [-0.15, -0.1) is 0 Å². The van der Waals surface area contributed by atoms with Gasteiger partial charge in [-0.2, -0.15) is 0 Å². The first-order chi connectivity index (χ1) is 16.9. The maximum Gasteiger partial charge on any atom is 0.255 e. The fourth-order valence-electron chi connectivity index (χ4n) is 5.50. The molecule has 1 aromatic rings. The predicted molar refractivity (Wildman–Crippen MR) is 147 cm³/mol. The predicted octanol–water partition coefficient (Wildman–Crippen LogP) is 6.98. The van der Waals surface area contributed by atoms with Gasteiger partial charge in [0, 0.05) is 28.7 Å². The number of hydrogen-bond donors (Lipinski definition) is 1. The molecule has 1 amide bonds. The lowest BCUT2D eigenvalue weighted by atomic mass is 9.91. The van der Waals surface area contributed by atoms with Crippen molar-refractivity contribution in [2.75, 3.05) is 32.7 Å². The van der Waals surface area contributed by atoms with Crippen LogP contribution in [0.5, 0.6) is 0 Å². The zero-order valence-electron chi connectivity index (χ0n) is 21.2. The van der Waals surface area contributed by atoms with E-state index < -0.39 is 0 Å². The van der Waals surface area contributed by atoms with Gasteiger partial charge in [-0.25, -0.2) is 0 Å². The van der Waals surface area contributed by atoms with Crippen LogP contribution in [0.2, 0.25) is 5.02 Å². The Hall–Kier alpha value is -1.75. The summed E-state index contributed by atoms with van der Waals surface area (Å²) in [6.07, 6.45) is 12.2. The standard InChI is InChI=1S/C29H39Cl2N3O/c1-21-9-14-33(15-10-21)16-11-23-12-17-34(18-13-23)28-22(2)5-3-7-26(31)20-27(28)32-29(35)24-6-4-8-25(30)19-24/h4,6-8,19-21,23H,3,5,9-18H2,1-2H3,(H,32,35). The van der Waals surface area contributed by atoms with Gasteiger partial charge in [0.25, 0.3) is 5.91 Å². The van der Waals surface area contributed by atoms with Crippen molar-refractivity contribution < 1.29 is 4.79 Å². The van der Waals surface area contributed by atoms with Crippen LogP contribution in [0.4, 0.5) is 0 Å². The van der Waals surface area contributed by atoms with Gasteiger partial charge < -0.3 is 15.1 Å². The number of rotatable bonds is 6. The number of likely N-dealkylation sites (tertiary alicyclic amines) is 2. The summed E-state index contributed by atoms with van der Waals surface area (Å²) in [5.41, 5.74) is 3.76. The monoisotopic (exact) mass is 515 g/mol. The highest BCUT2D eigenvalue weighted by Crippen LogP contribution is 2.31. The van der Waals surface area contributed by atoms with E-state index in [1.54, 1.807) is 24.3 Å². The molecule has 2 aliphatic heterocycles. The third-order valence-electron chi connectivity index (χ3n) is 7.80. The Morgan fingerprint density at radius 1 is 1.09 bits per heavy atom. The van der Waals surface area contributed by atoms with Gasteiger partial charge in [0.2, 0.25) is 0 Å². The lowest BCUT2D eigenvalue weighted by Crippen LogP contribution is -2.39. The second-order valence-corrected chi connectivity index (χ2v) is 11.4. The van der Waals surface area contributed by atoms with Crippen LogP contribution in [-0.4, -0.2) is 48.4 Å². The molecule has 0 saturated carbocycles. The van der Waals surface area contributed by atoms with Crippen LogP contribution in [0, 0.1) is 11.8 Å². The van der Waals surface area contributed by atoms with Gasteiger partial charge in [-0.1, -0.05) is 42.3 Å². The highest BCUT2D eigenvalue weighted by atomic mass is 35.5. The Balaban J connectivity index is 1.42. The number of nitrogens with one attached hydrogen (secondary N) is 1. The lowest BCUT2D eigenvalue weighted by molar-refractivity contribution is 0.0963. The van der Waals surface area contributed by atoms with Gasteiger partial charge in [-0.05, 0) is 113 Å². The van der Waals surface area contributed by atoms with Crippen molar-refractivity contribution >= 4 is 29.1 Å². The van der Waals surface area contributed by atoms with E-state index in [1.807, 2.05) is 12.2 Å². The quantitative estimate of drug-likeness (QED) is 0.443.